The van der Waals surface area contributed by atoms with Crippen LogP contribution in [0.15, 0.2) is 53.1 Å². The van der Waals surface area contributed by atoms with Gasteiger partial charge in [0, 0.05) is 29.6 Å². The van der Waals surface area contributed by atoms with Gasteiger partial charge in [0.25, 0.3) is 0 Å². The Morgan fingerprint density at radius 1 is 1.04 bits per heavy atom. The van der Waals surface area contributed by atoms with E-state index in [4.69, 9.17) is 15.9 Å². The van der Waals surface area contributed by atoms with Crippen LogP contribution in [0.4, 0.5) is 11.8 Å². The summed E-state index contributed by atoms with van der Waals surface area (Å²) in [5.41, 5.74) is 15.4. The number of para-hydroxylation sites is 1. The van der Waals surface area contributed by atoms with Crippen molar-refractivity contribution in [3.8, 4) is 11.3 Å². The van der Waals surface area contributed by atoms with Crippen LogP contribution in [0.3, 0.4) is 0 Å². The van der Waals surface area contributed by atoms with Crippen molar-refractivity contribution in [3.05, 3.63) is 48.7 Å². The fourth-order valence-electron chi connectivity index (χ4n) is 3.47. The molecule has 5 aromatic rings. The van der Waals surface area contributed by atoms with Crippen LogP contribution in [0.25, 0.3) is 44.1 Å². The molecule has 3 heterocycles. The Balaban J connectivity index is 1.95. The van der Waals surface area contributed by atoms with Crippen LogP contribution in [-0.2, 0) is 7.05 Å². The molecular weight excluding hydrogens is 314 g/mol. The lowest BCUT2D eigenvalue weighted by molar-refractivity contribution is 0.632. The molecule has 0 aliphatic carbocycles. The van der Waals surface area contributed by atoms with Gasteiger partial charge in [-0.25, -0.2) is 4.98 Å². The first-order chi connectivity index (χ1) is 12.1. The molecule has 0 saturated carbocycles. The quantitative estimate of drug-likeness (QED) is 0.489. The number of fused-ring (bicyclic) bond motifs is 4. The zero-order valence-corrected chi connectivity index (χ0v) is 13.5. The minimum absolute atomic E-state index is 0.163. The second-order valence-corrected chi connectivity index (χ2v) is 6.12. The van der Waals surface area contributed by atoms with Gasteiger partial charge in [-0.05, 0) is 24.3 Å². The van der Waals surface area contributed by atoms with Crippen LogP contribution in [0.2, 0.25) is 0 Å². The van der Waals surface area contributed by atoms with E-state index in [2.05, 4.69) is 9.97 Å². The Kier molecular flexibility index (Phi) is 2.62. The lowest BCUT2D eigenvalue weighted by Gasteiger charge is -2.09. The fraction of sp³-hybridized carbons (Fsp3) is 0.0526. The summed E-state index contributed by atoms with van der Waals surface area (Å²) in [6.45, 7) is 0. The van der Waals surface area contributed by atoms with Gasteiger partial charge >= 0.3 is 0 Å². The first-order valence-electron chi connectivity index (χ1n) is 7.91. The molecule has 3 aromatic heterocycles. The molecular formula is C19H15N5O. The molecule has 0 fully saturated rings. The van der Waals surface area contributed by atoms with Gasteiger partial charge in [-0.1, -0.05) is 18.2 Å². The van der Waals surface area contributed by atoms with Gasteiger partial charge in [-0.15, -0.1) is 0 Å². The number of nitrogens with zero attached hydrogens (tertiary/aromatic N) is 3. The third-order valence-corrected chi connectivity index (χ3v) is 4.55. The van der Waals surface area contributed by atoms with Crippen molar-refractivity contribution in [2.75, 3.05) is 11.5 Å². The molecule has 0 bridgehead atoms. The van der Waals surface area contributed by atoms with Crippen LogP contribution in [-0.4, -0.2) is 14.5 Å². The normalized spacial score (nSPS) is 11.7. The van der Waals surface area contributed by atoms with Crippen molar-refractivity contribution in [3.63, 3.8) is 0 Å². The fourth-order valence-corrected chi connectivity index (χ4v) is 3.47. The molecule has 0 radical (unpaired) electrons. The van der Waals surface area contributed by atoms with Gasteiger partial charge in [0.2, 0.25) is 5.95 Å². The summed E-state index contributed by atoms with van der Waals surface area (Å²) < 4.78 is 8.13. The largest absolute Gasteiger partial charge is 0.456 e. The Morgan fingerprint density at radius 3 is 2.72 bits per heavy atom. The highest BCUT2D eigenvalue weighted by Gasteiger charge is 2.17. The first-order valence-corrected chi connectivity index (χ1v) is 7.91. The molecule has 0 atom stereocenters. The number of rotatable bonds is 1. The zero-order chi connectivity index (χ0) is 17.1. The van der Waals surface area contributed by atoms with Crippen molar-refractivity contribution in [1.29, 1.82) is 0 Å². The standard InChI is InChI=1S/C19H15N5O/c1-24-7-6-11-16-13(22-19(21)23-18(16)20)9-12(17(11)24)15-8-10-4-2-3-5-14(10)25-15/h2-9H,1H3,(H4,20,21,22,23). The summed E-state index contributed by atoms with van der Waals surface area (Å²) >= 11 is 0. The van der Waals surface area contributed by atoms with Gasteiger partial charge in [0.15, 0.2) is 0 Å². The molecule has 0 amide bonds. The second kappa shape index (κ2) is 4.73. The Labute approximate surface area is 142 Å². The molecule has 0 aliphatic rings. The predicted molar refractivity (Wildman–Crippen MR) is 100 cm³/mol. The van der Waals surface area contributed by atoms with E-state index in [-0.39, 0.29) is 5.95 Å². The highest BCUT2D eigenvalue weighted by Crippen LogP contribution is 2.38. The number of aryl methyl sites for hydroxylation is 1. The number of furan rings is 1. The summed E-state index contributed by atoms with van der Waals surface area (Å²) in [5, 5.41) is 2.85. The second-order valence-electron chi connectivity index (χ2n) is 6.12. The van der Waals surface area contributed by atoms with Gasteiger partial charge in [0.05, 0.1) is 16.4 Å². The Hall–Kier alpha value is -3.54. The van der Waals surface area contributed by atoms with E-state index in [0.29, 0.717) is 11.3 Å². The molecule has 0 saturated heterocycles. The molecule has 0 unspecified atom stereocenters. The molecule has 0 spiro atoms. The molecule has 5 rings (SSSR count). The van der Waals surface area contributed by atoms with Crippen LogP contribution >= 0.6 is 0 Å². The van der Waals surface area contributed by atoms with Gasteiger partial charge in [-0.3, -0.25) is 0 Å². The summed E-state index contributed by atoms with van der Waals surface area (Å²) in [5.74, 6) is 1.33. The maximum atomic E-state index is 6.12. The maximum absolute atomic E-state index is 6.12. The predicted octanol–water partition coefficient (Wildman–Crippen LogP) is 3.70. The minimum atomic E-state index is 0.163. The van der Waals surface area contributed by atoms with E-state index in [1.807, 2.05) is 60.3 Å². The SMILES string of the molecule is Cn1ccc2c3c(N)nc(N)nc3cc(-c3cc4ccccc4o3)c21. The molecule has 6 heteroatoms. The topological polar surface area (TPSA) is 95.9 Å². The van der Waals surface area contributed by atoms with E-state index in [1.54, 1.807) is 0 Å². The highest BCUT2D eigenvalue weighted by molar-refractivity contribution is 6.15. The van der Waals surface area contributed by atoms with Crippen molar-refractivity contribution in [1.82, 2.24) is 14.5 Å². The molecule has 25 heavy (non-hydrogen) atoms. The van der Waals surface area contributed by atoms with Crippen molar-refractivity contribution >= 4 is 44.5 Å². The number of hydrogen-bond acceptors (Lipinski definition) is 5. The van der Waals surface area contributed by atoms with Crippen molar-refractivity contribution in [2.45, 2.75) is 0 Å². The van der Waals surface area contributed by atoms with E-state index < -0.39 is 0 Å². The van der Waals surface area contributed by atoms with Gasteiger partial charge < -0.3 is 20.5 Å². The van der Waals surface area contributed by atoms with Crippen LogP contribution in [0.5, 0.6) is 0 Å². The number of benzene rings is 2. The van der Waals surface area contributed by atoms with Crippen molar-refractivity contribution in [2.24, 2.45) is 7.05 Å². The minimum Gasteiger partial charge on any atom is -0.456 e. The number of nitrogen functional groups attached to an aromatic ring is 2. The number of anilines is 2. The van der Waals surface area contributed by atoms with E-state index >= 15 is 0 Å². The number of aromatic nitrogens is 3. The molecule has 0 aliphatic heterocycles. The van der Waals surface area contributed by atoms with E-state index in [1.165, 1.54) is 0 Å². The highest BCUT2D eigenvalue weighted by atomic mass is 16.3. The lowest BCUT2D eigenvalue weighted by Crippen LogP contribution is -2.01. The third kappa shape index (κ3) is 1.91. The average molecular weight is 329 g/mol. The van der Waals surface area contributed by atoms with Crippen molar-refractivity contribution < 1.29 is 4.42 Å². The summed E-state index contributed by atoms with van der Waals surface area (Å²) in [6, 6.07) is 14.0. The molecule has 6 nitrogen and oxygen atoms in total. The average Bonchev–Trinajstić information content (AvgIpc) is 3.17. The lowest BCUT2D eigenvalue weighted by atomic mass is 10.0. The molecule has 2 aromatic carbocycles. The number of nitrogens with two attached hydrogens (primary N) is 2. The zero-order valence-electron chi connectivity index (χ0n) is 13.5. The Morgan fingerprint density at radius 2 is 1.88 bits per heavy atom. The molecule has 122 valence electrons. The summed E-state index contributed by atoms with van der Waals surface area (Å²) in [6.07, 6.45) is 1.99. The van der Waals surface area contributed by atoms with Crippen LogP contribution in [0, 0.1) is 0 Å². The van der Waals surface area contributed by atoms with Crippen LogP contribution in [0.1, 0.15) is 0 Å². The number of hydrogen-bond donors (Lipinski definition) is 2. The van der Waals surface area contributed by atoms with E-state index in [0.717, 1.165) is 38.6 Å². The summed E-state index contributed by atoms with van der Waals surface area (Å²) in [4.78, 5) is 8.48. The van der Waals surface area contributed by atoms with E-state index in [9.17, 15) is 0 Å². The first kappa shape index (κ1) is 13.9. The summed E-state index contributed by atoms with van der Waals surface area (Å²) in [7, 11) is 1.99. The smallest absolute Gasteiger partial charge is 0.222 e. The third-order valence-electron chi connectivity index (χ3n) is 4.55. The Bertz CT molecular complexity index is 1250. The maximum Gasteiger partial charge on any atom is 0.222 e. The van der Waals surface area contributed by atoms with Gasteiger partial charge in [-0.2, -0.15) is 4.98 Å². The monoisotopic (exact) mass is 329 g/mol. The molecule has 4 N–H and O–H groups in total. The van der Waals surface area contributed by atoms with Gasteiger partial charge in [0.1, 0.15) is 17.2 Å². The van der Waals surface area contributed by atoms with Crippen LogP contribution < -0.4 is 11.5 Å².